The van der Waals surface area contributed by atoms with Gasteiger partial charge < -0.3 is 15.2 Å². The third-order valence-corrected chi connectivity index (χ3v) is 2.37. The Kier molecular flexibility index (Phi) is 6.86. The largest absolute Gasteiger partial charge is 0.463 e. The number of likely N-dealkylation sites (N-methyl/N-ethyl adjacent to an activating group) is 1. The van der Waals surface area contributed by atoms with E-state index in [4.69, 9.17) is 9.84 Å². The summed E-state index contributed by atoms with van der Waals surface area (Å²) in [5.74, 6) is -0.561. The van der Waals surface area contributed by atoms with Crippen LogP contribution in [0.15, 0.2) is 29.1 Å². The third-order valence-electron chi connectivity index (χ3n) is 2.37. The van der Waals surface area contributed by atoms with Gasteiger partial charge in [0.1, 0.15) is 5.82 Å². The van der Waals surface area contributed by atoms with Crippen molar-refractivity contribution in [3.63, 3.8) is 0 Å². The molecule has 0 saturated heterocycles. The Bertz CT molecular complexity index is 666. The molecule has 2 aromatic rings. The lowest BCUT2D eigenvalue weighted by molar-refractivity contribution is 0.191. The van der Waals surface area contributed by atoms with Crippen molar-refractivity contribution in [2.45, 2.75) is 0 Å². The zero-order valence-corrected chi connectivity index (χ0v) is 12.1. The minimum Gasteiger partial charge on any atom is -0.463 e. The summed E-state index contributed by atoms with van der Waals surface area (Å²) in [5.41, 5.74) is -0.865. The molecule has 0 fully saturated rings. The summed E-state index contributed by atoms with van der Waals surface area (Å²) in [6, 6.07) is 5.01. The number of carboxylic acid groups (broad SMARTS) is 1. The number of nitrogens with zero attached hydrogens (tertiary/aromatic N) is 4. The molecule has 0 atom stereocenters. The van der Waals surface area contributed by atoms with Crippen molar-refractivity contribution < 1.29 is 19.0 Å². The van der Waals surface area contributed by atoms with E-state index in [0.717, 1.165) is 19.2 Å². The molecule has 0 spiro atoms. The molecule has 0 unspecified atom stereocenters. The van der Waals surface area contributed by atoms with Gasteiger partial charge in [0.25, 0.3) is 0 Å². The number of tetrazole rings is 1. The summed E-state index contributed by atoms with van der Waals surface area (Å²) in [5, 5.41) is 17.9. The molecular weight excluding hydrogens is 297 g/mol. The van der Waals surface area contributed by atoms with Crippen LogP contribution in [-0.2, 0) is 4.74 Å². The van der Waals surface area contributed by atoms with Crippen molar-refractivity contribution >= 4 is 6.09 Å². The molecule has 120 valence electrons. The number of aromatic nitrogens is 4. The van der Waals surface area contributed by atoms with Crippen LogP contribution in [0.2, 0.25) is 0 Å². The molecule has 2 N–H and O–H groups in total. The molecular formula is C12H16FN5O4. The van der Waals surface area contributed by atoms with Gasteiger partial charge in [-0.15, -0.1) is 0 Å². The van der Waals surface area contributed by atoms with Crippen LogP contribution in [0, 0.1) is 5.82 Å². The van der Waals surface area contributed by atoms with Crippen LogP contribution in [0.4, 0.5) is 9.18 Å². The lowest BCUT2D eigenvalue weighted by Crippen LogP contribution is -2.28. The average molecular weight is 313 g/mol. The van der Waals surface area contributed by atoms with Gasteiger partial charge in [-0.3, -0.25) is 0 Å². The highest BCUT2D eigenvalue weighted by Gasteiger charge is 2.13. The highest BCUT2D eigenvalue weighted by Crippen LogP contribution is 2.05. The summed E-state index contributed by atoms with van der Waals surface area (Å²) in [6.45, 7) is 1.74. The molecule has 0 aliphatic carbocycles. The zero-order valence-electron chi connectivity index (χ0n) is 12.1. The van der Waals surface area contributed by atoms with Crippen LogP contribution < -0.4 is 11.0 Å². The maximum atomic E-state index is 12.9. The van der Waals surface area contributed by atoms with Gasteiger partial charge in [0.05, 0.1) is 12.3 Å². The van der Waals surface area contributed by atoms with Gasteiger partial charge in [-0.1, -0.05) is 10.7 Å². The van der Waals surface area contributed by atoms with Gasteiger partial charge >= 0.3 is 11.8 Å². The van der Waals surface area contributed by atoms with E-state index >= 15 is 0 Å². The Labute approximate surface area is 124 Å². The van der Waals surface area contributed by atoms with Gasteiger partial charge in [0.15, 0.2) is 0 Å². The van der Waals surface area contributed by atoms with E-state index in [-0.39, 0.29) is 10.4 Å². The smallest absolute Gasteiger partial charge is 0.438 e. The molecule has 0 saturated carbocycles. The monoisotopic (exact) mass is 313 g/mol. The minimum absolute atomic E-state index is 0.109. The van der Waals surface area contributed by atoms with Crippen LogP contribution in [0.5, 0.6) is 0 Å². The van der Waals surface area contributed by atoms with E-state index in [1.165, 1.54) is 18.2 Å². The van der Waals surface area contributed by atoms with E-state index < -0.39 is 17.6 Å². The average Bonchev–Trinajstić information content (AvgIpc) is 2.87. The standard InChI is InChI=1S/C8H5FN4O3.C4H11NO/c9-5-2-1-3-6(4-5)12-7(14)13(8(15)16)11-10-12;1-5-3-4-6-2/h1-4H,(H,15,16);5H,3-4H2,1-2H3. The van der Waals surface area contributed by atoms with Crippen molar-refractivity contribution in [2.24, 2.45) is 0 Å². The Morgan fingerprint density at radius 3 is 2.64 bits per heavy atom. The van der Waals surface area contributed by atoms with Crippen LogP contribution >= 0.6 is 0 Å². The number of methoxy groups -OCH3 is 1. The van der Waals surface area contributed by atoms with E-state index in [0.29, 0.717) is 4.68 Å². The SMILES string of the molecule is CNCCOC.O=C(O)n1nnn(-c2cccc(F)c2)c1=O. The molecule has 0 radical (unpaired) electrons. The number of nitrogens with one attached hydrogen (secondary N) is 1. The summed E-state index contributed by atoms with van der Waals surface area (Å²) < 4.78 is 18.4. The van der Waals surface area contributed by atoms with Gasteiger partial charge in [0.2, 0.25) is 0 Å². The summed E-state index contributed by atoms with van der Waals surface area (Å²) in [7, 11) is 3.59. The Morgan fingerprint density at radius 1 is 1.45 bits per heavy atom. The number of benzene rings is 1. The first kappa shape index (κ1) is 17.5. The number of hydrogen-bond donors (Lipinski definition) is 2. The molecule has 10 heteroatoms. The third kappa shape index (κ3) is 4.75. The topological polar surface area (TPSA) is 111 Å². The summed E-state index contributed by atoms with van der Waals surface area (Å²) >= 11 is 0. The van der Waals surface area contributed by atoms with Gasteiger partial charge in [-0.05, 0) is 35.7 Å². The second-order valence-corrected chi connectivity index (χ2v) is 3.94. The molecule has 22 heavy (non-hydrogen) atoms. The minimum atomic E-state index is -1.55. The van der Waals surface area contributed by atoms with Crippen molar-refractivity contribution in [1.29, 1.82) is 0 Å². The molecule has 2 rings (SSSR count). The fourth-order valence-electron chi connectivity index (χ4n) is 1.34. The lowest BCUT2D eigenvalue weighted by atomic mass is 10.3. The Morgan fingerprint density at radius 2 is 2.18 bits per heavy atom. The second kappa shape index (κ2) is 8.64. The van der Waals surface area contributed by atoms with Gasteiger partial charge in [0, 0.05) is 13.7 Å². The summed E-state index contributed by atoms with van der Waals surface area (Å²) in [4.78, 5) is 21.9. The first-order valence-electron chi connectivity index (χ1n) is 6.19. The molecule has 9 nitrogen and oxygen atoms in total. The molecule has 1 heterocycles. The Hall–Kier alpha value is -2.59. The molecule has 0 aliphatic rings. The normalized spacial score (nSPS) is 9.95. The first-order valence-corrected chi connectivity index (χ1v) is 6.19. The fraction of sp³-hybridized carbons (Fsp3) is 0.333. The van der Waals surface area contributed by atoms with Crippen molar-refractivity contribution in [3.8, 4) is 5.69 Å². The molecule has 0 amide bonds. The number of carbonyl (C=O) groups is 1. The maximum Gasteiger partial charge on any atom is 0.438 e. The fourth-order valence-corrected chi connectivity index (χ4v) is 1.34. The van der Waals surface area contributed by atoms with Crippen LogP contribution in [0.1, 0.15) is 0 Å². The number of rotatable bonds is 4. The van der Waals surface area contributed by atoms with Gasteiger partial charge in [-0.25, -0.2) is 14.0 Å². The predicted molar refractivity (Wildman–Crippen MR) is 74.8 cm³/mol. The lowest BCUT2D eigenvalue weighted by Gasteiger charge is -1.96. The predicted octanol–water partition coefficient (Wildman–Crippen LogP) is -0.0536. The van der Waals surface area contributed by atoms with Crippen LogP contribution in [0.3, 0.4) is 0 Å². The highest BCUT2D eigenvalue weighted by molar-refractivity contribution is 5.66. The molecule has 1 aromatic carbocycles. The van der Waals surface area contributed by atoms with E-state index in [9.17, 15) is 14.0 Å². The maximum absolute atomic E-state index is 12.9. The molecule has 1 aromatic heterocycles. The van der Waals surface area contributed by atoms with Crippen LogP contribution in [0.25, 0.3) is 5.69 Å². The van der Waals surface area contributed by atoms with Crippen molar-refractivity contribution in [3.05, 3.63) is 40.6 Å². The summed E-state index contributed by atoms with van der Waals surface area (Å²) in [6.07, 6.45) is -1.55. The van der Waals surface area contributed by atoms with E-state index in [1.807, 2.05) is 7.05 Å². The van der Waals surface area contributed by atoms with Crippen molar-refractivity contribution in [2.75, 3.05) is 27.3 Å². The number of hydrogen-bond acceptors (Lipinski definition) is 6. The Balaban J connectivity index is 0.000000346. The van der Waals surface area contributed by atoms with Gasteiger partial charge in [-0.2, -0.15) is 4.68 Å². The highest BCUT2D eigenvalue weighted by atomic mass is 19.1. The zero-order chi connectivity index (χ0) is 16.5. The molecule has 0 aliphatic heterocycles. The quantitative estimate of drug-likeness (QED) is 0.601. The second-order valence-electron chi connectivity index (χ2n) is 3.94. The first-order chi connectivity index (χ1) is 10.5. The number of ether oxygens (including phenoxy) is 1. The van der Waals surface area contributed by atoms with E-state index in [1.54, 1.807) is 7.11 Å². The number of halogens is 1. The van der Waals surface area contributed by atoms with E-state index in [2.05, 4.69) is 15.7 Å². The van der Waals surface area contributed by atoms with Crippen LogP contribution in [-0.4, -0.2) is 58.3 Å². The molecule has 0 bridgehead atoms. The van der Waals surface area contributed by atoms with Crippen molar-refractivity contribution in [1.82, 2.24) is 25.1 Å².